The maximum Gasteiger partial charge on any atom is 0.252 e. The van der Waals surface area contributed by atoms with Gasteiger partial charge in [0.15, 0.2) is 0 Å². The topological polar surface area (TPSA) is 49.3 Å². The molecule has 0 aliphatic carbocycles. The Bertz CT molecular complexity index is 457. The Morgan fingerprint density at radius 2 is 2.11 bits per heavy atom. The van der Waals surface area contributed by atoms with E-state index < -0.39 is 0 Å². The molecule has 19 heavy (non-hydrogen) atoms. The van der Waals surface area contributed by atoms with Crippen LogP contribution in [0.2, 0.25) is 0 Å². The molecule has 0 fully saturated rings. The second-order valence-corrected chi connectivity index (χ2v) is 6.96. The lowest BCUT2D eigenvalue weighted by atomic mass is 9.85. The monoisotopic (exact) mass is 345 g/mol. The van der Waals surface area contributed by atoms with Gasteiger partial charge >= 0.3 is 0 Å². The first-order valence-electron chi connectivity index (χ1n) is 6.16. The first-order chi connectivity index (χ1) is 8.75. The molecule has 3 nitrogen and oxygen atoms in total. The molecule has 0 aliphatic heterocycles. The summed E-state index contributed by atoms with van der Waals surface area (Å²) < 4.78 is 0.886. The van der Waals surface area contributed by atoms with E-state index in [4.69, 9.17) is 5.11 Å². The number of benzene rings is 1. The summed E-state index contributed by atoms with van der Waals surface area (Å²) in [4.78, 5) is 12.9. The molecule has 1 rings (SSSR count). The molecule has 0 saturated heterocycles. The second-order valence-electron chi connectivity index (χ2n) is 5.57. The van der Waals surface area contributed by atoms with Crippen molar-refractivity contribution in [3.05, 3.63) is 28.2 Å². The van der Waals surface area contributed by atoms with Crippen LogP contribution in [-0.2, 0) is 0 Å². The lowest BCUT2D eigenvalue weighted by Crippen LogP contribution is -2.44. The van der Waals surface area contributed by atoms with Crippen molar-refractivity contribution in [3.8, 4) is 0 Å². The average molecular weight is 346 g/mol. The van der Waals surface area contributed by atoms with Crippen LogP contribution in [0.1, 0.15) is 37.6 Å². The molecule has 1 amide bonds. The molecule has 0 saturated carbocycles. The third kappa shape index (κ3) is 4.82. The van der Waals surface area contributed by atoms with Crippen molar-refractivity contribution < 1.29 is 9.90 Å². The predicted molar refractivity (Wildman–Crippen MR) is 83.8 cm³/mol. The van der Waals surface area contributed by atoms with Gasteiger partial charge in [0.1, 0.15) is 0 Å². The molecule has 2 N–H and O–H groups in total. The van der Waals surface area contributed by atoms with E-state index in [-0.39, 0.29) is 24.0 Å². The van der Waals surface area contributed by atoms with Gasteiger partial charge in [-0.05, 0) is 30.0 Å². The van der Waals surface area contributed by atoms with Gasteiger partial charge < -0.3 is 10.4 Å². The largest absolute Gasteiger partial charge is 0.396 e. The van der Waals surface area contributed by atoms with Crippen molar-refractivity contribution in [3.63, 3.8) is 0 Å². The van der Waals surface area contributed by atoms with Gasteiger partial charge in [0.2, 0.25) is 0 Å². The lowest BCUT2D eigenvalue weighted by Gasteiger charge is -2.31. The first kappa shape index (κ1) is 16.5. The van der Waals surface area contributed by atoms with E-state index in [1.165, 1.54) is 0 Å². The highest BCUT2D eigenvalue weighted by Crippen LogP contribution is 2.24. The van der Waals surface area contributed by atoms with Crippen molar-refractivity contribution in [2.75, 3.05) is 6.61 Å². The zero-order valence-corrected chi connectivity index (χ0v) is 13.9. The summed E-state index contributed by atoms with van der Waals surface area (Å²) in [5.41, 5.74) is 0.434. The van der Waals surface area contributed by atoms with E-state index in [1.54, 1.807) is 12.1 Å². The fourth-order valence-corrected chi connectivity index (χ4v) is 2.64. The maximum atomic E-state index is 12.3. The molecule has 0 aromatic heterocycles. The highest BCUT2D eigenvalue weighted by molar-refractivity contribution is 9.10. The predicted octanol–water partition coefficient (Wildman–Crippen LogP) is 3.26. The van der Waals surface area contributed by atoms with Gasteiger partial charge in [-0.15, -0.1) is 12.6 Å². The van der Waals surface area contributed by atoms with E-state index >= 15 is 0 Å². The molecule has 1 aromatic carbocycles. The van der Waals surface area contributed by atoms with E-state index in [0.29, 0.717) is 16.9 Å². The number of hydrogen-bond acceptors (Lipinski definition) is 3. The molecule has 0 spiro atoms. The number of carbonyl (C=O) groups excluding carboxylic acids is 1. The van der Waals surface area contributed by atoms with Crippen LogP contribution in [0.5, 0.6) is 0 Å². The molecule has 1 aromatic rings. The normalized spacial score (nSPS) is 13.2. The molecule has 1 unspecified atom stereocenters. The Labute approximate surface area is 128 Å². The van der Waals surface area contributed by atoms with Crippen molar-refractivity contribution in [1.29, 1.82) is 0 Å². The highest BCUT2D eigenvalue weighted by Gasteiger charge is 2.26. The SMILES string of the molecule is CC(C)(C)C(CCO)NC(=O)c1ccc(Br)cc1S. The van der Waals surface area contributed by atoms with Crippen LogP contribution in [0.25, 0.3) is 0 Å². The van der Waals surface area contributed by atoms with Gasteiger partial charge in [-0.3, -0.25) is 4.79 Å². The number of amides is 1. The third-order valence-corrected chi connectivity index (χ3v) is 3.84. The summed E-state index contributed by atoms with van der Waals surface area (Å²) in [6, 6.07) is 5.25. The summed E-state index contributed by atoms with van der Waals surface area (Å²) in [6.45, 7) is 6.17. The number of halogens is 1. The Balaban J connectivity index is 2.88. The fraction of sp³-hybridized carbons (Fsp3) is 0.500. The summed E-state index contributed by atoms with van der Waals surface area (Å²) in [6.07, 6.45) is 0.535. The van der Waals surface area contributed by atoms with E-state index in [2.05, 4.69) is 33.9 Å². The van der Waals surface area contributed by atoms with E-state index in [0.717, 1.165) is 4.47 Å². The smallest absolute Gasteiger partial charge is 0.252 e. The van der Waals surface area contributed by atoms with Crippen molar-refractivity contribution in [2.24, 2.45) is 5.41 Å². The summed E-state index contributed by atoms with van der Waals surface area (Å²) in [5.74, 6) is -0.161. The van der Waals surface area contributed by atoms with Crippen molar-refractivity contribution >= 4 is 34.5 Å². The number of nitrogens with one attached hydrogen (secondary N) is 1. The molecule has 1 atom stereocenters. The van der Waals surface area contributed by atoms with Crippen LogP contribution in [0.15, 0.2) is 27.6 Å². The van der Waals surface area contributed by atoms with Gasteiger partial charge in [-0.2, -0.15) is 0 Å². The van der Waals surface area contributed by atoms with Crippen LogP contribution in [0.4, 0.5) is 0 Å². The molecule has 0 bridgehead atoms. The molecule has 0 aliphatic rings. The van der Waals surface area contributed by atoms with Crippen LogP contribution in [0, 0.1) is 5.41 Å². The quantitative estimate of drug-likeness (QED) is 0.733. The first-order valence-corrected chi connectivity index (χ1v) is 7.40. The highest BCUT2D eigenvalue weighted by atomic mass is 79.9. The van der Waals surface area contributed by atoms with Gasteiger partial charge in [0.05, 0.1) is 5.56 Å². The Morgan fingerprint density at radius 3 is 2.58 bits per heavy atom. The average Bonchev–Trinajstić information content (AvgIpc) is 2.26. The minimum atomic E-state index is -0.161. The number of carbonyl (C=O) groups is 1. The summed E-state index contributed by atoms with van der Waals surface area (Å²) >= 11 is 7.65. The third-order valence-electron chi connectivity index (χ3n) is 2.97. The van der Waals surface area contributed by atoms with Crippen LogP contribution in [-0.4, -0.2) is 23.7 Å². The Morgan fingerprint density at radius 1 is 1.47 bits per heavy atom. The van der Waals surface area contributed by atoms with Crippen molar-refractivity contribution in [2.45, 2.75) is 38.1 Å². The number of aliphatic hydroxyl groups is 1. The van der Waals surface area contributed by atoms with Crippen molar-refractivity contribution in [1.82, 2.24) is 5.32 Å². The molecule has 5 heteroatoms. The van der Waals surface area contributed by atoms with Gasteiger partial charge in [-0.1, -0.05) is 36.7 Å². The van der Waals surface area contributed by atoms with Crippen LogP contribution >= 0.6 is 28.6 Å². The number of rotatable bonds is 4. The zero-order valence-electron chi connectivity index (χ0n) is 11.4. The number of hydrogen-bond donors (Lipinski definition) is 3. The molecule has 106 valence electrons. The van der Waals surface area contributed by atoms with E-state index in [9.17, 15) is 4.79 Å². The minimum Gasteiger partial charge on any atom is -0.396 e. The van der Waals surface area contributed by atoms with Gasteiger partial charge in [-0.25, -0.2) is 0 Å². The molecular formula is C14H20BrNO2S. The van der Waals surface area contributed by atoms with E-state index in [1.807, 2.05) is 26.8 Å². The lowest BCUT2D eigenvalue weighted by molar-refractivity contribution is 0.0882. The maximum absolute atomic E-state index is 12.3. The summed E-state index contributed by atoms with van der Waals surface area (Å²) in [7, 11) is 0. The van der Waals surface area contributed by atoms with Crippen LogP contribution < -0.4 is 5.32 Å². The van der Waals surface area contributed by atoms with Crippen LogP contribution in [0.3, 0.4) is 0 Å². The Hall–Kier alpha value is -0.520. The Kier molecular flexibility index (Phi) is 5.89. The zero-order chi connectivity index (χ0) is 14.6. The minimum absolute atomic E-state index is 0.0519. The second kappa shape index (κ2) is 6.77. The van der Waals surface area contributed by atoms with Gasteiger partial charge in [0.25, 0.3) is 5.91 Å². The molecule has 0 heterocycles. The molecule has 0 radical (unpaired) electrons. The summed E-state index contributed by atoms with van der Waals surface area (Å²) in [5, 5.41) is 12.1. The molecular weight excluding hydrogens is 326 g/mol. The number of thiol groups is 1. The fourth-order valence-electron chi connectivity index (χ4n) is 1.78. The van der Waals surface area contributed by atoms with Gasteiger partial charge in [0, 0.05) is 22.0 Å². The number of aliphatic hydroxyl groups excluding tert-OH is 1. The standard InChI is InChI=1S/C14H20BrNO2S/c1-14(2,3)12(6-7-17)16-13(18)10-5-4-9(15)8-11(10)19/h4-5,8,12,17,19H,6-7H2,1-3H3,(H,16,18).